The minimum atomic E-state index is 0. The van der Waals surface area contributed by atoms with Crippen LogP contribution in [0.3, 0.4) is 0 Å². The van der Waals surface area contributed by atoms with Gasteiger partial charge in [-0.15, -0.1) is 17.0 Å². The van der Waals surface area contributed by atoms with E-state index < -0.39 is 0 Å². The van der Waals surface area contributed by atoms with Gasteiger partial charge in [0.05, 0.1) is 6.67 Å². The van der Waals surface area contributed by atoms with E-state index in [1.54, 1.807) is 0 Å². The number of hydrogen-bond donors (Lipinski definition) is 0. The monoisotopic (exact) mass is 542 g/mol. The van der Waals surface area contributed by atoms with Gasteiger partial charge in [-0.25, -0.2) is 0 Å². The Balaban J connectivity index is 0.0000109. The molecular formula is C31H63BrN2. The maximum Gasteiger partial charge on any atom is 0.0893 e. The summed E-state index contributed by atoms with van der Waals surface area (Å²) in [6, 6.07) is 0. The van der Waals surface area contributed by atoms with Crippen molar-refractivity contribution < 1.29 is 0 Å². The van der Waals surface area contributed by atoms with Gasteiger partial charge in [-0.05, 0) is 12.8 Å². The zero-order valence-corrected chi connectivity index (χ0v) is 25.3. The first-order valence-electron chi connectivity index (χ1n) is 15.5. The molecular weight excluding hydrogens is 480 g/mol. The summed E-state index contributed by atoms with van der Waals surface area (Å²) in [5.74, 6) is 0. The van der Waals surface area contributed by atoms with E-state index in [2.05, 4.69) is 36.0 Å². The summed E-state index contributed by atoms with van der Waals surface area (Å²) in [5, 5.41) is 0. The topological polar surface area (TPSA) is 6.48 Å². The van der Waals surface area contributed by atoms with Gasteiger partial charge in [-0.3, -0.25) is 0 Å². The lowest BCUT2D eigenvalue weighted by molar-refractivity contribution is 0.257. The van der Waals surface area contributed by atoms with Crippen molar-refractivity contribution in [1.29, 1.82) is 0 Å². The van der Waals surface area contributed by atoms with Crippen LogP contribution in [0.25, 0.3) is 0 Å². The molecule has 0 atom stereocenters. The van der Waals surface area contributed by atoms with Crippen LogP contribution < -0.4 is 0 Å². The summed E-state index contributed by atoms with van der Waals surface area (Å²) in [7, 11) is 0. The summed E-state index contributed by atoms with van der Waals surface area (Å²) in [6.07, 6.45) is 39.2. The minimum absolute atomic E-state index is 0. The molecule has 1 aliphatic rings. The zero-order chi connectivity index (χ0) is 23.7. The van der Waals surface area contributed by atoms with Crippen LogP contribution in [-0.4, -0.2) is 29.6 Å². The van der Waals surface area contributed by atoms with Crippen molar-refractivity contribution in [2.45, 2.75) is 168 Å². The van der Waals surface area contributed by atoms with Gasteiger partial charge >= 0.3 is 0 Å². The molecule has 0 aliphatic carbocycles. The average Bonchev–Trinajstić information content (AvgIpc) is 3.28. The van der Waals surface area contributed by atoms with E-state index in [0.717, 1.165) is 6.67 Å². The Morgan fingerprint density at radius 1 is 0.382 bits per heavy atom. The second kappa shape index (κ2) is 27.4. The molecule has 34 heavy (non-hydrogen) atoms. The standard InChI is InChI=1S/C31H62N2.BrH/c1-3-5-7-9-11-13-15-17-19-21-23-25-27-32-29-30-33(31-32)28-26-24-22-20-18-16-14-12-10-8-6-4-2;/h29-30H,3-28,31H2,1-2H3;1H. The Morgan fingerprint density at radius 3 is 0.882 bits per heavy atom. The fourth-order valence-electron chi connectivity index (χ4n) is 5.12. The van der Waals surface area contributed by atoms with E-state index in [-0.39, 0.29) is 17.0 Å². The Labute approximate surface area is 226 Å². The van der Waals surface area contributed by atoms with Crippen molar-refractivity contribution in [3.8, 4) is 0 Å². The lowest BCUT2D eigenvalue weighted by atomic mass is 10.1. The molecule has 0 saturated heterocycles. The maximum absolute atomic E-state index is 2.52. The molecule has 0 bridgehead atoms. The zero-order valence-electron chi connectivity index (χ0n) is 23.5. The van der Waals surface area contributed by atoms with Crippen LogP contribution >= 0.6 is 17.0 Å². The van der Waals surface area contributed by atoms with Crippen LogP contribution in [0.15, 0.2) is 12.4 Å². The normalized spacial score (nSPS) is 13.1. The van der Waals surface area contributed by atoms with Gasteiger partial charge in [-0.1, -0.05) is 155 Å². The van der Waals surface area contributed by atoms with Crippen LogP contribution in [0.5, 0.6) is 0 Å². The SMILES string of the molecule is Br.CCCCCCCCCCCCCCN1C=CN(CCCCCCCCCCCCCC)C1. The quantitative estimate of drug-likeness (QED) is 0.100. The van der Waals surface area contributed by atoms with Crippen LogP contribution in [0.1, 0.15) is 168 Å². The van der Waals surface area contributed by atoms with Gasteiger partial charge in [-0.2, -0.15) is 0 Å². The van der Waals surface area contributed by atoms with Crippen LogP contribution in [-0.2, 0) is 0 Å². The van der Waals surface area contributed by atoms with Crippen molar-refractivity contribution in [2.24, 2.45) is 0 Å². The van der Waals surface area contributed by atoms with Crippen molar-refractivity contribution >= 4 is 17.0 Å². The van der Waals surface area contributed by atoms with E-state index in [1.807, 2.05) is 0 Å². The minimum Gasteiger partial charge on any atom is -0.359 e. The van der Waals surface area contributed by atoms with Crippen LogP contribution in [0, 0.1) is 0 Å². The number of rotatable bonds is 26. The number of unbranched alkanes of at least 4 members (excludes halogenated alkanes) is 22. The van der Waals surface area contributed by atoms with Gasteiger partial charge in [0.25, 0.3) is 0 Å². The summed E-state index contributed by atoms with van der Waals surface area (Å²) < 4.78 is 0. The van der Waals surface area contributed by atoms with Gasteiger partial charge in [0.15, 0.2) is 0 Å². The highest BCUT2D eigenvalue weighted by Crippen LogP contribution is 2.15. The molecule has 0 saturated carbocycles. The predicted octanol–water partition coefficient (Wildman–Crippen LogP) is 11.0. The van der Waals surface area contributed by atoms with E-state index in [4.69, 9.17) is 0 Å². The molecule has 0 aromatic carbocycles. The van der Waals surface area contributed by atoms with E-state index in [9.17, 15) is 0 Å². The molecule has 0 fully saturated rings. The largest absolute Gasteiger partial charge is 0.359 e. The Kier molecular flexibility index (Phi) is 27.3. The molecule has 0 spiro atoms. The molecule has 0 aromatic heterocycles. The molecule has 1 heterocycles. The summed E-state index contributed by atoms with van der Waals surface area (Å²) >= 11 is 0. The Morgan fingerprint density at radius 2 is 0.618 bits per heavy atom. The van der Waals surface area contributed by atoms with Crippen LogP contribution in [0.4, 0.5) is 0 Å². The molecule has 1 aliphatic heterocycles. The molecule has 0 N–H and O–H groups in total. The van der Waals surface area contributed by atoms with E-state index in [0.29, 0.717) is 0 Å². The molecule has 204 valence electrons. The lowest BCUT2D eigenvalue weighted by Gasteiger charge is -2.21. The Bertz CT molecular complexity index is 376. The molecule has 0 unspecified atom stereocenters. The fraction of sp³-hybridized carbons (Fsp3) is 0.935. The second-order valence-electron chi connectivity index (χ2n) is 10.8. The van der Waals surface area contributed by atoms with Crippen molar-refractivity contribution in [1.82, 2.24) is 9.80 Å². The second-order valence-corrected chi connectivity index (χ2v) is 10.8. The summed E-state index contributed by atoms with van der Waals surface area (Å²) in [6.45, 7) is 8.24. The smallest absolute Gasteiger partial charge is 0.0893 e. The molecule has 3 heteroatoms. The van der Waals surface area contributed by atoms with Crippen molar-refractivity contribution in [3.05, 3.63) is 12.4 Å². The maximum atomic E-state index is 2.52. The molecule has 0 radical (unpaired) electrons. The van der Waals surface area contributed by atoms with Gasteiger partial charge in [0, 0.05) is 25.5 Å². The van der Waals surface area contributed by atoms with E-state index in [1.165, 1.54) is 167 Å². The molecule has 2 nitrogen and oxygen atoms in total. The van der Waals surface area contributed by atoms with Gasteiger partial charge in [0.2, 0.25) is 0 Å². The summed E-state index contributed by atoms with van der Waals surface area (Å²) in [5.41, 5.74) is 0. The van der Waals surface area contributed by atoms with Crippen LogP contribution in [0.2, 0.25) is 0 Å². The first kappa shape index (κ1) is 33.8. The van der Waals surface area contributed by atoms with E-state index >= 15 is 0 Å². The van der Waals surface area contributed by atoms with Gasteiger partial charge < -0.3 is 9.80 Å². The highest BCUT2D eigenvalue weighted by Gasteiger charge is 2.10. The average molecular weight is 544 g/mol. The third kappa shape index (κ3) is 22.3. The first-order chi connectivity index (χ1) is 16.4. The summed E-state index contributed by atoms with van der Waals surface area (Å²) in [4.78, 5) is 5.05. The third-order valence-electron chi connectivity index (χ3n) is 7.45. The predicted molar refractivity (Wildman–Crippen MR) is 160 cm³/mol. The van der Waals surface area contributed by atoms with Gasteiger partial charge in [0.1, 0.15) is 0 Å². The van der Waals surface area contributed by atoms with Crippen molar-refractivity contribution in [3.63, 3.8) is 0 Å². The highest BCUT2D eigenvalue weighted by molar-refractivity contribution is 8.93. The molecule has 0 aromatic rings. The molecule has 1 rings (SSSR count). The number of nitrogens with zero attached hydrogens (tertiary/aromatic N) is 2. The first-order valence-corrected chi connectivity index (χ1v) is 15.5. The Hall–Kier alpha value is -0.180. The van der Waals surface area contributed by atoms with Crippen molar-refractivity contribution in [2.75, 3.05) is 19.8 Å². The number of hydrogen-bond acceptors (Lipinski definition) is 2. The fourth-order valence-corrected chi connectivity index (χ4v) is 5.12. The highest BCUT2D eigenvalue weighted by atomic mass is 79.9. The number of halogens is 1. The lowest BCUT2D eigenvalue weighted by Crippen LogP contribution is -2.26. The third-order valence-corrected chi connectivity index (χ3v) is 7.45. The molecule has 0 amide bonds.